The van der Waals surface area contributed by atoms with Gasteiger partial charge in [-0.15, -0.1) is 0 Å². The molecular weight excluding hydrogens is 360 g/mol. The minimum atomic E-state index is -1.87. The van der Waals surface area contributed by atoms with Crippen molar-refractivity contribution in [1.82, 2.24) is 9.55 Å². The van der Waals surface area contributed by atoms with Crippen molar-refractivity contribution in [2.75, 3.05) is 0 Å². The van der Waals surface area contributed by atoms with Gasteiger partial charge in [-0.05, 0) is 37.6 Å². The highest BCUT2D eigenvalue weighted by Gasteiger charge is 2.42. The van der Waals surface area contributed by atoms with E-state index in [-0.39, 0.29) is 29.0 Å². The van der Waals surface area contributed by atoms with Crippen LogP contribution in [0.15, 0.2) is 29.1 Å². The predicted molar refractivity (Wildman–Crippen MR) is 101 cm³/mol. The zero-order valence-electron chi connectivity index (χ0n) is 15.4. The molecule has 2 aliphatic heterocycles. The van der Waals surface area contributed by atoms with E-state index in [4.69, 9.17) is 9.72 Å². The van der Waals surface area contributed by atoms with Crippen molar-refractivity contribution in [3.05, 3.63) is 56.9 Å². The number of aromatic nitrogens is 2. The molecule has 7 nitrogen and oxygen atoms in total. The molecule has 142 valence electrons. The summed E-state index contributed by atoms with van der Waals surface area (Å²) in [7, 11) is 0. The lowest BCUT2D eigenvalue weighted by molar-refractivity contribution is -0.169. The molecule has 0 amide bonds. The fourth-order valence-corrected chi connectivity index (χ4v) is 4.22. The highest BCUT2D eigenvalue weighted by Crippen LogP contribution is 2.38. The number of aliphatic hydroxyl groups is 1. The van der Waals surface area contributed by atoms with Crippen molar-refractivity contribution < 1.29 is 19.7 Å². The summed E-state index contributed by atoms with van der Waals surface area (Å²) >= 11 is 0. The van der Waals surface area contributed by atoms with Gasteiger partial charge in [0.15, 0.2) is 5.60 Å². The van der Waals surface area contributed by atoms with Crippen LogP contribution < -0.4 is 5.56 Å². The maximum atomic E-state index is 13.0. The van der Waals surface area contributed by atoms with E-state index in [9.17, 15) is 19.8 Å². The molecule has 0 spiro atoms. The normalized spacial score (nSPS) is 19.9. The lowest BCUT2D eigenvalue weighted by atomic mass is 9.90. The van der Waals surface area contributed by atoms with Crippen LogP contribution in [0.1, 0.15) is 36.1 Å². The molecule has 2 N–H and O–H groups in total. The molecule has 0 saturated heterocycles. The quantitative estimate of drug-likeness (QED) is 0.491. The third-order valence-corrected chi connectivity index (χ3v) is 5.76. The molecule has 0 unspecified atom stereocenters. The SMILES string of the molecule is CCc1c(O)ccc2nc3c(cc12)Cn1c-3cc2c(c1=O)COC(=O)[C@@]2(C)O. The van der Waals surface area contributed by atoms with Gasteiger partial charge in [-0.3, -0.25) is 4.79 Å². The van der Waals surface area contributed by atoms with E-state index >= 15 is 0 Å². The van der Waals surface area contributed by atoms with Crippen molar-refractivity contribution in [2.45, 2.75) is 39.0 Å². The van der Waals surface area contributed by atoms with E-state index in [1.165, 1.54) is 6.92 Å². The fourth-order valence-electron chi connectivity index (χ4n) is 4.22. The summed E-state index contributed by atoms with van der Waals surface area (Å²) in [6, 6.07) is 7.00. The molecule has 0 bridgehead atoms. The molecule has 0 saturated carbocycles. The number of nitrogens with zero attached hydrogens (tertiary/aromatic N) is 2. The first-order valence-electron chi connectivity index (χ1n) is 9.14. The number of hydrogen-bond donors (Lipinski definition) is 2. The summed E-state index contributed by atoms with van der Waals surface area (Å²) in [5.41, 5.74) is 2.02. The highest BCUT2D eigenvalue weighted by molar-refractivity contribution is 5.89. The van der Waals surface area contributed by atoms with Crippen molar-refractivity contribution >= 4 is 16.9 Å². The Bertz CT molecular complexity index is 1260. The van der Waals surface area contributed by atoms with Gasteiger partial charge in [0, 0.05) is 22.1 Å². The van der Waals surface area contributed by atoms with Gasteiger partial charge in [0.2, 0.25) is 0 Å². The van der Waals surface area contributed by atoms with E-state index in [2.05, 4.69) is 0 Å². The van der Waals surface area contributed by atoms with Crippen LogP contribution in [0.4, 0.5) is 0 Å². The Morgan fingerprint density at radius 3 is 2.82 bits per heavy atom. The van der Waals surface area contributed by atoms with Crippen molar-refractivity contribution in [3.8, 4) is 17.1 Å². The van der Waals surface area contributed by atoms with Gasteiger partial charge in [-0.2, -0.15) is 0 Å². The molecule has 0 radical (unpaired) electrons. The molecule has 1 atom stereocenters. The number of ether oxygens (including phenoxy) is 1. The first-order valence-corrected chi connectivity index (χ1v) is 9.14. The number of pyridine rings is 2. The second-order valence-corrected chi connectivity index (χ2v) is 7.44. The summed E-state index contributed by atoms with van der Waals surface area (Å²) in [4.78, 5) is 29.8. The van der Waals surface area contributed by atoms with Gasteiger partial charge >= 0.3 is 5.97 Å². The van der Waals surface area contributed by atoms with E-state index in [0.717, 1.165) is 22.0 Å². The number of hydrogen-bond acceptors (Lipinski definition) is 6. The van der Waals surface area contributed by atoms with E-state index in [0.29, 0.717) is 24.4 Å². The third kappa shape index (κ3) is 2.05. The molecule has 0 aliphatic carbocycles. The van der Waals surface area contributed by atoms with E-state index < -0.39 is 11.6 Å². The van der Waals surface area contributed by atoms with Gasteiger partial charge in [0.05, 0.1) is 29.0 Å². The molecule has 4 heterocycles. The molecule has 7 heteroatoms. The molecule has 3 aromatic rings. The first-order chi connectivity index (χ1) is 13.3. The lowest BCUT2D eigenvalue weighted by Gasteiger charge is -2.29. The summed E-state index contributed by atoms with van der Waals surface area (Å²) in [6.07, 6.45) is 0.660. The number of carbonyl (C=O) groups is 1. The number of esters is 1. The number of benzene rings is 1. The summed E-state index contributed by atoms with van der Waals surface area (Å²) in [5, 5.41) is 21.6. The van der Waals surface area contributed by atoms with Crippen LogP contribution in [0.3, 0.4) is 0 Å². The number of aromatic hydroxyl groups is 1. The van der Waals surface area contributed by atoms with Gasteiger partial charge in [0.1, 0.15) is 12.4 Å². The Balaban J connectivity index is 1.80. The van der Waals surface area contributed by atoms with Gasteiger partial charge in [-0.25, -0.2) is 9.78 Å². The van der Waals surface area contributed by atoms with Crippen molar-refractivity contribution in [1.29, 1.82) is 0 Å². The maximum absolute atomic E-state index is 13.0. The van der Waals surface area contributed by atoms with E-state index in [1.807, 2.05) is 13.0 Å². The number of cyclic esters (lactones) is 1. The smallest absolute Gasteiger partial charge is 0.342 e. The monoisotopic (exact) mass is 378 g/mol. The number of phenolic OH excluding ortho intramolecular Hbond substituents is 1. The standard InChI is InChI=1S/C21H18N2O5/c1-3-11-12-6-10-8-23-16(18(10)22-15(12)4-5-17(11)24)7-14-13(19(23)25)9-28-20(26)21(14,2)27/h4-7,24,27H,3,8-9H2,1-2H3/t21-/m0/s1. The van der Waals surface area contributed by atoms with E-state index in [1.54, 1.807) is 22.8 Å². The zero-order chi connectivity index (χ0) is 19.8. The molecule has 1 aromatic carbocycles. The number of rotatable bonds is 1. The maximum Gasteiger partial charge on any atom is 0.342 e. The Hall–Kier alpha value is -3.19. The van der Waals surface area contributed by atoms with Crippen LogP contribution in [0, 0.1) is 0 Å². The molecule has 0 fully saturated rings. The van der Waals surface area contributed by atoms with Crippen LogP contribution in [-0.4, -0.2) is 25.7 Å². The zero-order valence-corrected chi connectivity index (χ0v) is 15.4. The Morgan fingerprint density at radius 1 is 1.29 bits per heavy atom. The summed E-state index contributed by atoms with van der Waals surface area (Å²) in [5.74, 6) is -0.538. The predicted octanol–water partition coefficient (Wildman–Crippen LogP) is 1.96. The number of fused-ring (bicyclic) bond motifs is 5. The van der Waals surface area contributed by atoms with Crippen LogP contribution in [0.5, 0.6) is 5.75 Å². The Kier molecular flexibility index (Phi) is 3.28. The third-order valence-electron chi connectivity index (χ3n) is 5.76. The summed E-state index contributed by atoms with van der Waals surface area (Å²) < 4.78 is 6.59. The molecule has 2 aliphatic rings. The minimum Gasteiger partial charge on any atom is -0.508 e. The number of phenols is 1. The van der Waals surface area contributed by atoms with Crippen molar-refractivity contribution in [3.63, 3.8) is 0 Å². The first kappa shape index (κ1) is 16.9. The minimum absolute atomic E-state index is 0.150. The molecule has 5 rings (SSSR count). The average molecular weight is 378 g/mol. The fraction of sp³-hybridized carbons (Fsp3) is 0.286. The van der Waals surface area contributed by atoms with Gasteiger partial charge in [0.25, 0.3) is 5.56 Å². The second-order valence-electron chi connectivity index (χ2n) is 7.44. The van der Waals surface area contributed by atoms with Gasteiger partial charge < -0.3 is 19.5 Å². The lowest BCUT2D eigenvalue weighted by Crippen LogP contribution is -2.42. The molecular formula is C21H18N2O5. The number of carbonyl (C=O) groups excluding carboxylic acids is 1. The molecule has 2 aromatic heterocycles. The Labute approximate surface area is 159 Å². The highest BCUT2D eigenvalue weighted by atomic mass is 16.6. The topological polar surface area (TPSA) is 102 Å². The Morgan fingerprint density at radius 2 is 2.07 bits per heavy atom. The van der Waals surface area contributed by atoms with Crippen LogP contribution in [0.2, 0.25) is 0 Å². The van der Waals surface area contributed by atoms with Crippen LogP contribution >= 0.6 is 0 Å². The average Bonchev–Trinajstić information content (AvgIpc) is 3.02. The van der Waals surface area contributed by atoms with Crippen LogP contribution in [-0.2, 0) is 34.7 Å². The van der Waals surface area contributed by atoms with Crippen molar-refractivity contribution in [2.24, 2.45) is 0 Å². The van der Waals surface area contributed by atoms with Gasteiger partial charge in [-0.1, -0.05) is 6.92 Å². The summed E-state index contributed by atoms with van der Waals surface area (Å²) in [6.45, 7) is 3.50. The second kappa shape index (κ2) is 5.42. The van der Waals surface area contributed by atoms with Crippen LogP contribution in [0.25, 0.3) is 22.3 Å². The molecule has 28 heavy (non-hydrogen) atoms. The number of aryl methyl sites for hydroxylation is 1. The largest absolute Gasteiger partial charge is 0.508 e.